The third kappa shape index (κ3) is 4.88. The van der Waals surface area contributed by atoms with Crippen LogP contribution in [0, 0.1) is 21.7 Å². The maximum Gasteiger partial charge on any atom is 0.405 e. The van der Waals surface area contributed by atoms with Crippen molar-refractivity contribution in [1.82, 2.24) is 0 Å². The number of rotatable bonds is 6. The SMILES string of the molecule is CC(C)(Cc1ccc(Oc2ccc([N+](=O)[O-])c(F)c2)cc1F)OC(N)=O. The number of hydrogen-bond donors (Lipinski definition) is 1. The lowest BCUT2D eigenvalue weighted by Crippen LogP contribution is -2.33. The maximum atomic E-state index is 14.3. The summed E-state index contributed by atoms with van der Waals surface area (Å²) in [5.74, 6) is -1.62. The van der Waals surface area contributed by atoms with Gasteiger partial charge >= 0.3 is 11.8 Å². The number of nitro groups is 1. The van der Waals surface area contributed by atoms with Crippen LogP contribution in [-0.2, 0) is 11.2 Å². The van der Waals surface area contributed by atoms with Crippen LogP contribution < -0.4 is 10.5 Å². The fraction of sp³-hybridized carbons (Fsp3) is 0.235. The predicted molar refractivity (Wildman–Crippen MR) is 88.0 cm³/mol. The second-order valence-electron chi connectivity index (χ2n) is 6.08. The number of primary amides is 1. The maximum absolute atomic E-state index is 14.3. The Bertz CT molecular complexity index is 855. The normalized spacial score (nSPS) is 11.1. The molecule has 0 spiro atoms. The number of nitro benzene ring substituents is 1. The fourth-order valence-electron chi connectivity index (χ4n) is 2.34. The molecule has 26 heavy (non-hydrogen) atoms. The first-order valence-corrected chi connectivity index (χ1v) is 7.46. The number of nitrogens with zero attached hydrogens (tertiary/aromatic N) is 1. The monoisotopic (exact) mass is 366 g/mol. The van der Waals surface area contributed by atoms with E-state index in [0.717, 1.165) is 18.2 Å². The van der Waals surface area contributed by atoms with E-state index in [1.54, 1.807) is 13.8 Å². The molecule has 0 unspecified atom stereocenters. The molecule has 0 atom stereocenters. The summed E-state index contributed by atoms with van der Waals surface area (Å²) >= 11 is 0. The van der Waals surface area contributed by atoms with Crippen LogP contribution in [0.2, 0.25) is 0 Å². The minimum absolute atomic E-state index is 0.0161. The molecule has 2 aromatic carbocycles. The Morgan fingerprint density at radius 1 is 1.15 bits per heavy atom. The van der Waals surface area contributed by atoms with E-state index in [9.17, 15) is 23.7 Å². The van der Waals surface area contributed by atoms with E-state index < -0.39 is 33.9 Å². The summed E-state index contributed by atoms with van der Waals surface area (Å²) in [5.41, 5.74) is 3.55. The zero-order valence-electron chi connectivity index (χ0n) is 14.0. The molecule has 0 aliphatic heterocycles. The van der Waals surface area contributed by atoms with Gasteiger partial charge in [-0.15, -0.1) is 0 Å². The third-order valence-corrected chi connectivity index (χ3v) is 3.37. The summed E-state index contributed by atoms with van der Waals surface area (Å²) in [5, 5.41) is 10.6. The van der Waals surface area contributed by atoms with Gasteiger partial charge in [0.1, 0.15) is 22.9 Å². The summed E-state index contributed by atoms with van der Waals surface area (Å²) < 4.78 is 38.1. The van der Waals surface area contributed by atoms with Gasteiger partial charge in [0.15, 0.2) is 0 Å². The number of hydrogen-bond acceptors (Lipinski definition) is 5. The van der Waals surface area contributed by atoms with Crippen molar-refractivity contribution in [3.63, 3.8) is 0 Å². The van der Waals surface area contributed by atoms with Crippen molar-refractivity contribution in [2.24, 2.45) is 5.73 Å². The van der Waals surface area contributed by atoms with Crippen molar-refractivity contribution in [3.8, 4) is 11.5 Å². The molecule has 2 rings (SSSR count). The van der Waals surface area contributed by atoms with Gasteiger partial charge in [-0.1, -0.05) is 6.07 Å². The van der Waals surface area contributed by atoms with Gasteiger partial charge in [-0.2, -0.15) is 4.39 Å². The highest BCUT2D eigenvalue weighted by Gasteiger charge is 2.24. The molecule has 0 heterocycles. The van der Waals surface area contributed by atoms with Gasteiger partial charge in [-0.25, -0.2) is 9.18 Å². The van der Waals surface area contributed by atoms with Gasteiger partial charge in [-0.05, 0) is 31.5 Å². The number of benzene rings is 2. The van der Waals surface area contributed by atoms with Crippen molar-refractivity contribution >= 4 is 11.8 Å². The Kier molecular flexibility index (Phi) is 5.39. The summed E-state index contributed by atoms with van der Waals surface area (Å²) in [4.78, 5) is 20.6. The summed E-state index contributed by atoms with van der Waals surface area (Å²) in [6.07, 6.45) is -0.885. The molecule has 0 aromatic heterocycles. The Hall–Kier alpha value is -3.23. The quantitative estimate of drug-likeness (QED) is 0.612. The largest absolute Gasteiger partial charge is 0.457 e. The van der Waals surface area contributed by atoms with Crippen LogP contribution in [0.5, 0.6) is 11.5 Å². The molecular formula is C17H16F2N2O5. The predicted octanol–water partition coefficient (Wildman–Crippen LogP) is 4.08. The average Bonchev–Trinajstić information content (AvgIpc) is 2.48. The molecule has 2 N–H and O–H groups in total. The first kappa shape index (κ1) is 19.1. The molecule has 2 aromatic rings. The van der Waals surface area contributed by atoms with E-state index >= 15 is 0 Å². The van der Waals surface area contributed by atoms with Crippen LogP contribution in [0.15, 0.2) is 36.4 Å². The van der Waals surface area contributed by atoms with E-state index in [4.69, 9.17) is 15.2 Å². The average molecular weight is 366 g/mol. The van der Waals surface area contributed by atoms with Crippen molar-refractivity contribution in [2.45, 2.75) is 25.9 Å². The molecule has 138 valence electrons. The van der Waals surface area contributed by atoms with E-state index in [1.807, 2.05) is 0 Å². The lowest BCUT2D eigenvalue weighted by atomic mass is 9.98. The van der Waals surface area contributed by atoms with Gasteiger partial charge in [-0.3, -0.25) is 10.1 Å². The zero-order chi connectivity index (χ0) is 19.5. The summed E-state index contributed by atoms with van der Waals surface area (Å²) in [6, 6.07) is 6.95. The molecule has 9 heteroatoms. The summed E-state index contributed by atoms with van der Waals surface area (Å²) in [6.45, 7) is 3.17. The zero-order valence-corrected chi connectivity index (χ0v) is 14.0. The highest BCUT2D eigenvalue weighted by molar-refractivity contribution is 5.65. The lowest BCUT2D eigenvalue weighted by Gasteiger charge is -2.24. The minimum Gasteiger partial charge on any atom is -0.457 e. The van der Waals surface area contributed by atoms with Crippen LogP contribution in [0.1, 0.15) is 19.4 Å². The van der Waals surface area contributed by atoms with E-state index in [2.05, 4.69) is 0 Å². The van der Waals surface area contributed by atoms with E-state index in [1.165, 1.54) is 18.2 Å². The highest BCUT2D eigenvalue weighted by atomic mass is 19.1. The molecule has 0 aliphatic rings. The van der Waals surface area contributed by atoms with E-state index in [-0.39, 0.29) is 23.5 Å². The van der Waals surface area contributed by atoms with Crippen molar-refractivity contribution in [3.05, 3.63) is 63.7 Å². The Balaban J connectivity index is 2.16. The first-order valence-electron chi connectivity index (χ1n) is 7.46. The number of nitrogens with two attached hydrogens (primary N) is 1. The highest BCUT2D eigenvalue weighted by Crippen LogP contribution is 2.28. The lowest BCUT2D eigenvalue weighted by molar-refractivity contribution is -0.387. The van der Waals surface area contributed by atoms with Gasteiger partial charge in [0, 0.05) is 24.6 Å². The molecule has 1 amide bonds. The molecule has 0 fully saturated rings. The van der Waals surface area contributed by atoms with Crippen LogP contribution in [0.4, 0.5) is 19.3 Å². The van der Waals surface area contributed by atoms with Crippen molar-refractivity contribution < 1.29 is 28.0 Å². The van der Waals surface area contributed by atoms with Gasteiger partial charge in [0.05, 0.1) is 4.92 Å². The second kappa shape index (κ2) is 7.34. The Morgan fingerprint density at radius 2 is 1.73 bits per heavy atom. The van der Waals surface area contributed by atoms with Crippen molar-refractivity contribution in [2.75, 3.05) is 0 Å². The van der Waals surface area contributed by atoms with Crippen LogP contribution in [0.25, 0.3) is 0 Å². The van der Waals surface area contributed by atoms with E-state index in [0.29, 0.717) is 0 Å². The first-order chi connectivity index (χ1) is 12.1. The number of amides is 1. The van der Waals surface area contributed by atoms with Crippen LogP contribution in [0.3, 0.4) is 0 Å². The second-order valence-corrected chi connectivity index (χ2v) is 6.08. The molecule has 0 saturated carbocycles. The molecular weight excluding hydrogens is 350 g/mol. The topological polar surface area (TPSA) is 105 Å². The molecule has 0 aliphatic carbocycles. The molecule has 0 radical (unpaired) electrons. The van der Waals surface area contributed by atoms with Gasteiger partial charge < -0.3 is 15.2 Å². The number of carbonyl (C=O) groups is 1. The Morgan fingerprint density at radius 3 is 2.23 bits per heavy atom. The molecule has 0 saturated heterocycles. The summed E-state index contributed by atoms with van der Waals surface area (Å²) in [7, 11) is 0. The van der Waals surface area contributed by atoms with Crippen molar-refractivity contribution in [1.29, 1.82) is 0 Å². The fourth-order valence-corrected chi connectivity index (χ4v) is 2.34. The third-order valence-electron chi connectivity index (χ3n) is 3.37. The standard InChI is InChI=1S/C17H16F2N2O5/c1-17(2,26-16(20)22)9-10-3-4-11(7-13(10)18)25-12-5-6-15(21(23)24)14(19)8-12/h3-8H,9H2,1-2H3,(H2,20,22). The van der Waals surface area contributed by atoms with Crippen LogP contribution >= 0.6 is 0 Å². The number of carbonyl (C=O) groups excluding carboxylic acids is 1. The van der Waals surface area contributed by atoms with Gasteiger partial charge in [0.25, 0.3) is 0 Å². The minimum atomic E-state index is -1.06. The molecule has 7 nitrogen and oxygen atoms in total. The Labute approximate surface area is 147 Å². The number of ether oxygens (including phenoxy) is 2. The number of halogens is 2. The smallest absolute Gasteiger partial charge is 0.405 e. The van der Waals surface area contributed by atoms with Gasteiger partial charge in [0.2, 0.25) is 5.82 Å². The molecule has 0 bridgehead atoms. The van der Waals surface area contributed by atoms with Crippen LogP contribution in [-0.4, -0.2) is 16.6 Å².